The number of amides is 2. The fourth-order valence-corrected chi connectivity index (χ4v) is 1.95. The third-order valence-electron chi connectivity index (χ3n) is 2.61. The third kappa shape index (κ3) is 6.38. The van der Waals surface area contributed by atoms with E-state index in [4.69, 9.17) is 0 Å². The van der Waals surface area contributed by atoms with Gasteiger partial charge in [-0.15, -0.1) is 0 Å². The maximum atomic E-state index is 11.7. The van der Waals surface area contributed by atoms with Gasteiger partial charge in [-0.1, -0.05) is 47.5 Å². The molecule has 0 radical (unpaired) electrons. The molecule has 0 fully saturated rings. The summed E-state index contributed by atoms with van der Waals surface area (Å²) in [7, 11) is 0. The summed E-state index contributed by atoms with van der Waals surface area (Å²) in [4.78, 5) is 23.1. The zero-order chi connectivity index (χ0) is 14.1. The first-order valence-corrected chi connectivity index (χ1v) is 7.19. The summed E-state index contributed by atoms with van der Waals surface area (Å²) in [6.45, 7) is 2.76. The molecule has 1 rings (SSSR count). The van der Waals surface area contributed by atoms with Gasteiger partial charge in [0.2, 0.25) is 11.8 Å². The topological polar surface area (TPSA) is 58.2 Å². The van der Waals surface area contributed by atoms with Crippen molar-refractivity contribution in [1.29, 1.82) is 0 Å². The van der Waals surface area contributed by atoms with Crippen LogP contribution in [-0.2, 0) is 16.0 Å². The first kappa shape index (κ1) is 15.7. The number of halogens is 1. The van der Waals surface area contributed by atoms with Gasteiger partial charge in [0.25, 0.3) is 0 Å². The van der Waals surface area contributed by atoms with E-state index in [0.29, 0.717) is 6.54 Å². The summed E-state index contributed by atoms with van der Waals surface area (Å²) < 4.78 is 0.901. The van der Waals surface area contributed by atoms with Crippen LogP contribution in [0.1, 0.15) is 25.3 Å². The lowest BCUT2D eigenvalue weighted by Crippen LogP contribution is -2.37. The van der Waals surface area contributed by atoms with E-state index in [-0.39, 0.29) is 24.8 Å². The van der Waals surface area contributed by atoms with Crippen molar-refractivity contribution in [3.8, 4) is 0 Å². The van der Waals surface area contributed by atoms with E-state index in [2.05, 4.69) is 33.5 Å². The summed E-state index contributed by atoms with van der Waals surface area (Å²) in [5, 5.41) is 5.36. The molecule has 0 bridgehead atoms. The van der Waals surface area contributed by atoms with Crippen LogP contribution in [0, 0.1) is 0 Å². The summed E-state index contributed by atoms with van der Waals surface area (Å²) in [5.41, 5.74) is 0.909. The van der Waals surface area contributed by atoms with Crippen molar-refractivity contribution in [3.63, 3.8) is 0 Å². The molecule has 104 valence electrons. The molecule has 0 saturated carbocycles. The molecule has 0 saturated heterocycles. The van der Waals surface area contributed by atoms with Crippen LogP contribution >= 0.6 is 15.9 Å². The SMILES string of the molecule is CCCCNC(=O)CNC(=O)Cc1ccccc1Br. The molecule has 1 aromatic carbocycles. The Labute approximate surface area is 122 Å². The largest absolute Gasteiger partial charge is 0.355 e. The Morgan fingerprint density at radius 2 is 1.89 bits per heavy atom. The molecule has 0 unspecified atom stereocenters. The Morgan fingerprint density at radius 1 is 1.16 bits per heavy atom. The Balaban J connectivity index is 2.28. The van der Waals surface area contributed by atoms with E-state index in [9.17, 15) is 9.59 Å². The van der Waals surface area contributed by atoms with Crippen LogP contribution in [0.4, 0.5) is 0 Å². The molecule has 19 heavy (non-hydrogen) atoms. The molecule has 2 N–H and O–H groups in total. The Kier molecular flexibility index (Phi) is 7.18. The molecule has 0 aliphatic heterocycles. The number of hydrogen-bond acceptors (Lipinski definition) is 2. The van der Waals surface area contributed by atoms with Gasteiger partial charge in [-0.05, 0) is 18.1 Å². The highest BCUT2D eigenvalue weighted by molar-refractivity contribution is 9.10. The van der Waals surface area contributed by atoms with Crippen LogP contribution in [0.25, 0.3) is 0 Å². The minimum absolute atomic E-state index is 0.0347. The average Bonchev–Trinajstić information content (AvgIpc) is 2.39. The molecule has 0 spiro atoms. The van der Waals surface area contributed by atoms with Gasteiger partial charge < -0.3 is 10.6 Å². The van der Waals surface area contributed by atoms with Crippen LogP contribution in [0.2, 0.25) is 0 Å². The predicted octanol–water partition coefficient (Wildman–Crippen LogP) is 2.02. The lowest BCUT2D eigenvalue weighted by molar-refractivity contribution is -0.125. The molecule has 5 heteroatoms. The molecule has 0 heterocycles. The van der Waals surface area contributed by atoms with E-state index >= 15 is 0 Å². The predicted molar refractivity (Wildman–Crippen MR) is 78.8 cm³/mol. The van der Waals surface area contributed by atoms with Gasteiger partial charge in [-0.2, -0.15) is 0 Å². The minimum Gasteiger partial charge on any atom is -0.355 e. The number of carbonyl (C=O) groups excluding carboxylic acids is 2. The third-order valence-corrected chi connectivity index (χ3v) is 3.38. The van der Waals surface area contributed by atoms with E-state index in [1.54, 1.807) is 0 Å². The maximum absolute atomic E-state index is 11.7. The zero-order valence-corrected chi connectivity index (χ0v) is 12.6. The molecule has 0 aromatic heterocycles. The number of benzene rings is 1. The maximum Gasteiger partial charge on any atom is 0.239 e. The van der Waals surface area contributed by atoms with Crippen molar-refractivity contribution in [2.75, 3.05) is 13.1 Å². The van der Waals surface area contributed by atoms with Gasteiger partial charge in [-0.25, -0.2) is 0 Å². The first-order valence-electron chi connectivity index (χ1n) is 6.40. The summed E-state index contributed by atoms with van der Waals surface area (Å²) in [6, 6.07) is 7.54. The van der Waals surface area contributed by atoms with Crippen LogP contribution in [-0.4, -0.2) is 24.9 Å². The summed E-state index contributed by atoms with van der Waals surface area (Å²) in [5.74, 6) is -0.300. The molecule has 2 amide bonds. The van der Waals surface area contributed by atoms with E-state index < -0.39 is 0 Å². The first-order chi connectivity index (χ1) is 9.13. The van der Waals surface area contributed by atoms with Crippen LogP contribution in [0.5, 0.6) is 0 Å². The Bertz CT molecular complexity index is 435. The second kappa shape index (κ2) is 8.69. The highest BCUT2D eigenvalue weighted by Crippen LogP contribution is 2.15. The number of hydrogen-bond donors (Lipinski definition) is 2. The van der Waals surface area contributed by atoms with Gasteiger partial charge >= 0.3 is 0 Å². The van der Waals surface area contributed by atoms with Gasteiger partial charge in [0, 0.05) is 11.0 Å². The molecule has 0 atom stereocenters. The van der Waals surface area contributed by atoms with Gasteiger partial charge in [0.05, 0.1) is 13.0 Å². The van der Waals surface area contributed by atoms with Crippen molar-refractivity contribution < 1.29 is 9.59 Å². The molecular formula is C14H19BrN2O2. The fourth-order valence-electron chi connectivity index (χ4n) is 1.52. The van der Waals surface area contributed by atoms with Crippen LogP contribution in [0.15, 0.2) is 28.7 Å². The second-order valence-electron chi connectivity index (χ2n) is 4.25. The van der Waals surface area contributed by atoms with E-state index in [1.165, 1.54) is 0 Å². The Morgan fingerprint density at radius 3 is 2.58 bits per heavy atom. The van der Waals surface area contributed by atoms with Gasteiger partial charge in [0.1, 0.15) is 0 Å². The normalized spacial score (nSPS) is 10.0. The lowest BCUT2D eigenvalue weighted by Gasteiger charge is -2.07. The number of unbranched alkanes of at least 4 members (excludes halogenated alkanes) is 1. The monoisotopic (exact) mass is 326 g/mol. The minimum atomic E-state index is -0.155. The number of nitrogens with one attached hydrogen (secondary N) is 2. The molecular weight excluding hydrogens is 308 g/mol. The van der Waals surface area contributed by atoms with Crippen molar-refractivity contribution >= 4 is 27.7 Å². The zero-order valence-electron chi connectivity index (χ0n) is 11.0. The fraction of sp³-hybridized carbons (Fsp3) is 0.429. The molecule has 1 aromatic rings. The number of carbonyl (C=O) groups is 2. The highest BCUT2D eigenvalue weighted by Gasteiger charge is 2.07. The number of rotatable bonds is 7. The second-order valence-corrected chi connectivity index (χ2v) is 5.10. The molecule has 0 aliphatic rings. The average molecular weight is 327 g/mol. The molecule has 0 aliphatic carbocycles. The van der Waals surface area contributed by atoms with Crippen molar-refractivity contribution in [2.45, 2.75) is 26.2 Å². The standard InChI is InChI=1S/C14H19BrN2O2/c1-2-3-8-16-14(19)10-17-13(18)9-11-6-4-5-7-12(11)15/h4-7H,2-3,8-10H2,1H3,(H,16,19)(H,17,18). The molecule has 4 nitrogen and oxygen atoms in total. The summed E-state index contributed by atoms with van der Waals surface area (Å²) in [6.07, 6.45) is 2.26. The van der Waals surface area contributed by atoms with Crippen molar-refractivity contribution in [2.24, 2.45) is 0 Å². The van der Waals surface area contributed by atoms with Gasteiger partial charge in [-0.3, -0.25) is 9.59 Å². The van der Waals surface area contributed by atoms with Crippen LogP contribution in [0.3, 0.4) is 0 Å². The van der Waals surface area contributed by atoms with Gasteiger partial charge in [0.15, 0.2) is 0 Å². The van der Waals surface area contributed by atoms with E-state index in [1.807, 2.05) is 24.3 Å². The quantitative estimate of drug-likeness (QED) is 0.753. The highest BCUT2D eigenvalue weighted by atomic mass is 79.9. The van der Waals surface area contributed by atoms with Crippen LogP contribution < -0.4 is 10.6 Å². The smallest absolute Gasteiger partial charge is 0.239 e. The lowest BCUT2D eigenvalue weighted by atomic mass is 10.1. The summed E-state index contributed by atoms with van der Waals surface area (Å²) >= 11 is 3.39. The Hall–Kier alpha value is -1.36. The van der Waals surface area contributed by atoms with Crippen molar-refractivity contribution in [1.82, 2.24) is 10.6 Å². The van der Waals surface area contributed by atoms with Crippen molar-refractivity contribution in [3.05, 3.63) is 34.3 Å². The van der Waals surface area contributed by atoms with E-state index in [0.717, 1.165) is 22.9 Å².